The van der Waals surface area contributed by atoms with E-state index in [1.54, 1.807) is 46.1 Å². The number of hydrogen-bond acceptors (Lipinski definition) is 6. The largest absolute Gasteiger partial charge is 0.493 e. The van der Waals surface area contributed by atoms with E-state index >= 15 is 0 Å². The van der Waals surface area contributed by atoms with Gasteiger partial charge in [0.15, 0.2) is 11.5 Å². The van der Waals surface area contributed by atoms with Crippen molar-refractivity contribution in [2.45, 2.75) is 52.7 Å². The van der Waals surface area contributed by atoms with Crippen LogP contribution >= 0.6 is 0 Å². The van der Waals surface area contributed by atoms with E-state index in [0.717, 1.165) is 5.56 Å². The molecule has 1 rings (SSSR count). The van der Waals surface area contributed by atoms with Crippen molar-refractivity contribution in [3.8, 4) is 11.5 Å². The van der Waals surface area contributed by atoms with Crippen LogP contribution in [0.25, 0.3) is 0 Å². The molecular weight excluding hydrogens is 338 g/mol. The topological polar surface area (TPSA) is 83.1 Å². The molecule has 1 aromatic carbocycles. The van der Waals surface area contributed by atoms with Crippen LogP contribution in [0.2, 0.25) is 0 Å². The zero-order valence-corrected chi connectivity index (χ0v) is 17.0. The number of rotatable bonds is 6. The number of ether oxygens (including phenoxy) is 4. The Labute approximate surface area is 156 Å². The minimum Gasteiger partial charge on any atom is -0.493 e. The van der Waals surface area contributed by atoms with Gasteiger partial charge < -0.3 is 24.3 Å². The highest BCUT2D eigenvalue weighted by Crippen LogP contribution is 2.28. The van der Waals surface area contributed by atoms with Crippen LogP contribution in [0.4, 0.5) is 4.79 Å². The number of esters is 1. The Balaban J connectivity index is 0.00000301. The summed E-state index contributed by atoms with van der Waals surface area (Å²) in [5.74, 6) is 0.558. The summed E-state index contributed by atoms with van der Waals surface area (Å²) >= 11 is 0. The molecule has 0 radical (unpaired) electrons. The smallest absolute Gasteiger partial charge is 0.408 e. The van der Waals surface area contributed by atoms with Crippen LogP contribution in [0.5, 0.6) is 11.5 Å². The molecule has 26 heavy (non-hydrogen) atoms. The summed E-state index contributed by atoms with van der Waals surface area (Å²) in [5, 5.41) is 2.53. The second-order valence-electron chi connectivity index (χ2n) is 6.12. The maximum absolute atomic E-state index is 11.9. The Bertz CT molecular complexity index is 580. The van der Waals surface area contributed by atoms with Gasteiger partial charge in [0, 0.05) is 6.42 Å². The lowest BCUT2D eigenvalue weighted by atomic mass is 10.1. The van der Waals surface area contributed by atoms with Crippen LogP contribution in [-0.2, 0) is 20.7 Å². The lowest BCUT2D eigenvalue weighted by Crippen LogP contribution is -2.45. The van der Waals surface area contributed by atoms with Gasteiger partial charge in [0.25, 0.3) is 0 Å². The van der Waals surface area contributed by atoms with E-state index in [1.807, 2.05) is 13.8 Å². The standard InChI is InChI=1S/C17H25NO6.C2H6/c1-17(2,3)24-16(20)18-12(15(19)23-6)9-11-7-8-13(21-4)14(10-11)22-5;1-2/h7-8,10,12H,9H2,1-6H3,(H,18,20);1-2H3. The zero-order valence-electron chi connectivity index (χ0n) is 17.0. The Morgan fingerprint density at radius 1 is 1.04 bits per heavy atom. The maximum atomic E-state index is 11.9. The Hall–Kier alpha value is -2.44. The average Bonchev–Trinajstić information content (AvgIpc) is 2.60. The molecule has 0 saturated carbocycles. The molecule has 0 aliphatic heterocycles. The highest BCUT2D eigenvalue weighted by molar-refractivity contribution is 5.81. The van der Waals surface area contributed by atoms with Crippen molar-refractivity contribution in [1.82, 2.24) is 5.32 Å². The van der Waals surface area contributed by atoms with E-state index in [4.69, 9.17) is 18.9 Å². The SMILES string of the molecule is CC.COC(=O)C(Cc1ccc(OC)c(OC)c1)NC(=O)OC(C)(C)C. The molecule has 0 heterocycles. The minimum atomic E-state index is -0.872. The van der Waals surface area contributed by atoms with Crippen molar-refractivity contribution in [2.75, 3.05) is 21.3 Å². The third kappa shape index (κ3) is 8.09. The van der Waals surface area contributed by atoms with Crippen LogP contribution in [0.15, 0.2) is 18.2 Å². The second-order valence-corrected chi connectivity index (χ2v) is 6.12. The maximum Gasteiger partial charge on any atom is 0.408 e. The fourth-order valence-electron chi connectivity index (χ4n) is 2.03. The van der Waals surface area contributed by atoms with Gasteiger partial charge in [0.05, 0.1) is 21.3 Å². The molecule has 1 atom stereocenters. The number of hydrogen-bond donors (Lipinski definition) is 1. The number of alkyl carbamates (subject to hydrolysis) is 1. The van der Waals surface area contributed by atoms with E-state index in [9.17, 15) is 9.59 Å². The predicted octanol–water partition coefficient (Wildman–Crippen LogP) is 3.34. The molecule has 0 fully saturated rings. The first kappa shape index (κ1) is 23.6. The minimum absolute atomic E-state index is 0.228. The van der Waals surface area contributed by atoms with Gasteiger partial charge in [-0.05, 0) is 38.5 Å². The fourth-order valence-corrected chi connectivity index (χ4v) is 2.03. The molecule has 0 spiro atoms. The van der Waals surface area contributed by atoms with Crippen LogP contribution in [0.3, 0.4) is 0 Å². The van der Waals surface area contributed by atoms with Crippen LogP contribution < -0.4 is 14.8 Å². The molecule has 0 saturated heterocycles. The monoisotopic (exact) mass is 369 g/mol. The van der Waals surface area contributed by atoms with E-state index in [-0.39, 0.29) is 6.42 Å². The Kier molecular flexibility index (Phi) is 10.2. The van der Waals surface area contributed by atoms with Gasteiger partial charge in [0.2, 0.25) is 0 Å². The normalized spacial score (nSPS) is 11.4. The van der Waals surface area contributed by atoms with E-state index in [0.29, 0.717) is 11.5 Å². The summed E-state index contributed by atoms with van der Waals surface area (Å²) in [4.78, 5) is 23.9. The van der Waals surface area contributed by atoms with Gasteiger partial charge in [-0.2, -0.15) is 0 Å². The molecular formula is C19H31NO6. The third-order valence-corrected chi connectivity index (χ3v) is 3.06. The van der Waals surface area contributed by atoms with E-state index in [1.165, 1.54) is 14.2 Å². The molecule has 148 valence electrons. The van der Waals surface area contributed by atoms with Crippen molar-refractivity contribution < 1.29 is 28.5 Å². The molecule has 0 bridgehead atoms. The lowest BCUT2D eigenvalue weighted by molar-refractivity contribution is -0.143. The summed E-state index contributed by atoms with van der Waals surface area (Å²) in [7, 11) is 4.33. The average molecular weight is 369 g/mol. The number of amides is 1. The number of nitrogens with one attached hydrogen (secondary N) is 1. The van der Waals surface area contributed by atoms with Gasteiger partial charge in [0.1, 0.15) is 11.6 Å². The van der Waals surface area contributed by atoms with Crippen molar-refractivity contribution in [3.63, 3.8) is 0 Å². The summed E-state index contributed by atoms with van der Waals surface area (Å²) in [6, 6.07) is 4.39. The lowest BCUT2D eigenvalue weighted by Gasteiger charge is -2.22. The molecule has 1 aromatic rings. The molecule has 7 nitrogen and oxygen atoms in total. The highest BCUT2D eigenvalue weighted by atomic mass is 16.6. The fraction of sp³-hybridized carbons (Fsp3) is 0.579. The Morgan fingerprint density at radius 3 is 2.08 bits per heavy atom. The van der Waals surface area contributed by atoms with Gasteiger partial charge in [-0.1, -0.05) is 19.9 Å². The number of carbonyl (C=O) groups is 2. The predicted molar refractivity (Wildman–Crippen MR) is 99.8 cm³/mol. The number of carbonyl (C=O) groups excluding carboxylic acids is 2. The first-order valence-corrected chi connectivity index (χ1v) is 8.48. The highest BCUT2D eigenvalue weighted by Gasteiger charge is 2.25. The molecule has 0 aliphatic carbocycles. The van der Waals surface area contributed by atoms with Crippen molar-refractivity contribution in [3.05, 3.63) is 23.8 Å². The Morgan fingerprint density at radius 2 is 1.62 bits per heavy atom. The third-order valence-electron chi connectivity index (χ3n) is 3.06. The summed E-state index contributed by atoms with van der Waals surface area (Å²) < 4.78 is 20.3. The quantitative estimate of drug-likeness (QED) is 0.775. The van der Waals surface area contributed by atoms with Crippen LogP contribution in [-0.4, -0.2) is 45.0 Å². The molecule has 0 aromatic heterocycles. The number of benzene rings is 1. The molecule has 1 amide bonds. The summed E-state index contributed by atoms with van der Waals surface area (Å²) in [5.41, 5.74) is 0.118. The number of methoxy groups -OCH3 is 3. The van der Waals surface area contributed by atoms with Gasteiger partial charge >= 0.3 is 12.1 Å². The molecule has 1 N–H and O–H groups in total. The van der Waals surface area contributed by atoms with Gasteiger partial charge in [-0.25, -0.2) is 9.59 Å². The van der Waals surface area contributed by atoms with Crippen molar-refractivity contribution >= 4 is 12.1 Å². The van der Waals surface area contributed by atoms with Crippen LogP contribution in [0.1, 0.15) is 40.2 Å². The molecule has 0 aliphatic rings. The zero-order chi connectivity index (χ0) is 20.3. The van der Waals surface area contributed by atoms with Crippen molar-refractivity contribution in [2.24, 2.45) is 0 Å². The summed E-state index contributed by atoms with van der Waals surface area (Å²) in [6.07, 6.45) is -0.454. The first-order chi connectivity index (χ1) is 12.2. The van der Waals surface area contributed by atoms with E-state index in [2.05, 4.69) is 5.32 Å². The van der Waals surface area contributed by atoms with Crippen LogP contribution in [0, 0.1) is 0 Å². The molecule has 1 unspecified atom stereocenters. The molecule has 7 heteroatoms. The second kappa shape index (κ2) is 11.2. The van der Waals surface area contributed by atoms with Gasteiger partial charge in [-0.15, -0.1) is 0 Å². The van der Waals surface area contributed by atoms with E-state index < -0.39 is 23.7 Å². The summed E-state index contributed by atoms with van der Waals surface area (Å²) in [6.45, 7) is 9.23. The van der Waals surface area contributed by atoms with Crippen molar-refractivity contribution in [1.29, 1.82) is 0 Å². The first-order valence-electron chi connectivity index (χ1n) is 8.48. The van der Waals surface area contributed by atoms with Gasteiger partial charge in [-0.3, -0.25) is 0 Å².